The van der Waals surface area contributed by atoms with Gasteiger partial charge in [0.25, 0.3) is 0 Å². The summed E-state index contributed by atoms with van der Waals surface area (Å²) >= 11 is 0. The van der Waals surface area contributed by atoms with E-state index in [0.717, 1.165) is 24.3 Å². The highest BCUT2D eigenvalue weighted by Gasteiger charge is 2.15. The quantitative estimate of drug-likeness (QED) is 0.758. The van der Waals surface area contributed by atoms with E-state index in [9.17, 15) is 4.79 Å². The number of benzene rings is 2. The summed E-state index contributed by atoms with van der Waals surface area (Å²) in [5, 5.41) is 0. The van der Waals surface area contributed by atoms with Crippen molar-refractivity contribution in [3.8, 4) is 5.75 Å². The summed E-state index contributed by atoms with van der Waals surface area (Å²) < 4.78 is 5.42. The zero-order chi connectivity index (χ0) is 17.5. The van der Waals surface area contributed by atoms with E-state index in [1.54, 1.807) is 6.08 Å². The van der Waals surface area contributed by atoms with Crippen LogP contribution in [0.4, 0.5) is 0 Å². The maximum atomic E-state index is 12.4. The number of rotatable bonds is 5. The summed E-state index contributed by atoms with van der Waals surface area (Å²) in [6.45, 7) is 4.04. The number of hydrogen-bond acceptors (Lipinski definition) is 2. The maximum absolute atomic E-state index is 12.4. The lowest BCUT2D eigenvalue weighted by molar-refractivity contribution is -0.125. The van der Waals surface area contributed by atoms with Crippen LogP contribution in [0.15, 0.2) is 66.7 Å². The fourth-order valence-corrected chi connectivity index (χ4v) is 2.90. The first-order valence-electron chi connectivity index (χ1n) is 8.70. The summed E-state index contributed by atoms with van der Waals surface area (Å²) in [5.41, 5.74) is 3.56. The molecule has 3 rings (SSSR count). The molecule has 128 valence electrons. The third kappa shape index (κ3) is 4.60. The van der Waals surface area contributed by atoms with Crippen LogP contribution in [0.2, 0.25) is 0 Å². The number of amides is 1. The molecule has 25 heavy (non-hydrogen) atoms. The van der Waals surface area contributed by atoms with E-state index < -0.39 is 0 Å². The van der Waals surface area contributed by atoms with E-state index in [1.807, 2.05) is 60.4 Å². The molecule has 0 fully saturated rings. The van der Waals surface area contributed by atoms with Crippen molar-refractivity contribution in [1.82, 2.24) is 4.90 Å². The second kappa shape index (κ2) is 8.34. The maximum Gasteiger partial charge on any atom is 0.246 e. The Bertz CT molecular complexity index is 760. The monoisotopic (exact) mass is 333 g/mol. The van der Waals surface area contributed by atoms with Gasteiger partial charge >= 0.3 is 0 Å². The zero-order valence-corrected chi connectivity index (χ0v) is 14.5. The predicted molar refractivity (Wildman–Crippen MR) is 102 cm³/mol. The molecule has 0 aromatic heterocycles. The molecule has 2 aromatic rings. The Labute approximate surface area is 149 Å². The highest BCUT2D eigenvalue weighted by molar-refractivity contribution is 5.92. The lowest BCUT2D eigenvalue weighted by Crippen LogP contribution is -2.33. The van der Waals surface area contributed by atoms with Gasteiger partial charge in [-0.1, -0.05) is 48.5 Å². The number of nitrogens with zero attached hydrogens (tertiary/aromatic N) is 1. The summed E-state index contributed by atoms with van der Waals surface area (Å²) in [6, 6.07) is 18.1. The van der Waals surface area contributed by atoms with Crippen LogP contribution in [0.25, 0.3) is 11.6 Å². The summed E-state index contributed by atoms with van der Waals surface area (Å²) in [6.07, 6.45) is 6.56. The van der Waals surface area contributed by atoms with Gasteiger partial charge in [0.15, 0.2) is 0 Å². The summed E-state index contributed by atoms with van der Waals surface area (Å²) in [5.74, 6) is 0.901. The Kier molecular flexibility index (Phi) is 5.68. The van der Waals surface area contributed by atoms with E-state index in [4.69, 9.17) is 4.74 Å². The van der Waals surface area contributed by atoms with Gasteiger partial charge in [-0.2, -0.15) is 0 Å². The molecule has 2 aromatic carbocycles. The van der Waals surface area contributed by atoms with E-state index in [-0.39, 0.29) is 5.91 Å². The average molecular weight is 333 g/mol. The third-order valence-corrected chi connectivity index (χ3v) is 4.27. The van der Waals surface area contributed by atoms with Crippen LogP contribution in [-0.2, 0) is 4.79 Å². The Morgan fingerprint density at radius 3 is 2.52 bits per heavy atom. The second-order valence-electron chi connectivity index (χ2n) is 5.97. The Morgan fingerprint density at radius 1 is 1.12 bits per heavy atom. The largest absolute Gasteiger partial charge is 0.494 e. The zero-order valence-electron chi connectivity index (χ0n) is 14.5. The first-order chi connectivity index (χ1) is 12.3. The Balaban J connectivity index is 1.58. The van der Waals surface area contributed by atoms with Crippen LogP contribution in [0.1, 0.15) is 24.5 Å². The summed E-state index contributed by atoms with van der Waals surface area (Å²) in [4.78, 5) is 14.2. The number of ether oxygens (including phenoxy) is 1. The molecule has 0 N–H and O–H groups in total. The van der Waals surface area contributed by atoms with Crippen LogP contribution in [0.5, 0.6) is 5.75 Å². The van der Waals surface area contributed by atoms with Crippen molar-refractivity contribution in [2.75, 3.05) is 19.7 Å². The highest BCUT2D eigenvalue weighted by atomic mass is 16.5. The molecule has 0 spiro atoms. The molecular formula is C22H23NO2. The smallest absolute Gasteiger partial charge is 0.246 e. The molecule has 0 radical (unpaired) electrons. The normalized spacial score (nSPS) is 14.4. The van der Waals surface area contributed by atoms with Crippen molar-refractivity contribution in [1.29, 1.82) is 0 Å². The summed E-state index contributed by atoms with van der Waals surface area (Å²) in [7, 11) is 0. The molecule has 0 saturated heterocycles. The van der Waals surface area contributed by atoms with Gasteiger partial charge in [0.05, 0.1) is 6.61 Å². The van der Waals surface area contributed by atoms with Crippen molar-refractivity contribution in [2.45, 2.75) is 13.3 Å². The molecule has 0 saturated carbocycles. The highest BCUT2D eigenvalue weighted by Crippen LogP contribution is 2.22. The molecule has 1 amide bonds. The topological polar surface area (TPSA) is 29.5 Å². The van der Waals surface area contributed by atoms with Gasteiger partial charge in [0.1, 0.15) is 5.75 Å². The van der Waals surface area contributed by atoms with Crippen LogP contribution in [0.3, 0.4) is 0 Å². The first-order valence-corrected chi connectivity index (χ1v) is 8.70. The van der Waals surface area contributed by atoms with Crippen molar-refractivity contribution in [2.24, 2.45) is 0 Å². The molecular weight excluding hydrogens is 310 g/mol. The standard InChI is InChI=1S/C22H23NO2/c1-2-25-21-11-8-18(9-12-21)10-13-22(24)23-16-14-20(15-17-23)19-6-4-3-5-7-19/h3-14H,2,15-17H2,1H3. The Hall–Kier alpha value is -2.81. The minimum Gasteiger partial charge on any atom is -0.494 e. The van der Waals surface area contributed by atoms with Crippen LogP contribution in [-0.4, -0.2) is 30.5 Å². The lowest BCUT2D eigenvalue weighted by atomic mass is 9.99. The van der Waals surface area contributed by atoms with E-state index in [0.29, 0.717) is 13.2 Å². The van der Waals surface area contributed by atoms with Crippen LogP contribution >= 0.6 is 0 Å². The van der Waals surface area contributed by atoms with Gasteiger partial charge in [-0.25, -0.2) is 0 Å². The van der Waals surface area contributed by atoms with Crippen molar-refractivity contribution in [3.63, 3.8) is 0 Å². The van der Waals surface area contributed by atoms with E-state index in [1.165, 1.54) is 11.1 Å². The van der Waals surface area contributed by atoms with Crippen LogP contribution < -0.4 is 4.74 Å². The number of hydrogen-bond donors (Lipinski definition) is 0. The second-order valence-corrected chi connectivity index (χ2v) is 5.97. The van der Waals surface area contributed by atoms with Gasteiger partial charge in [-0.3, -0.25) is 4.79 Å². The number of carbonyl (C=O) groups excluding carboxylic acids is 1. The molecule has 3 nitrogen and oxygen atoms in total. The lowest BCUT2D eigenvalue weighted by Gasteiger charge is -2.25. The van der Waals surface area contributed by atoms with Gasteiger partial charge in [-0.15, -0.1) is 0 Å². The first kappa shape index (κ1) is 17.0. The van der Waals surface area contributed by atoms with Gasteiger partial charge < -0.3 is 9.64 Å². The Morgan fingerprint density at radius 2 is 1.88 bits per heavy atom. The minimum absolute atomic E-state index is 0.0530. The molecule has 0 bridgehead atoms. The molecule has 1 aliphatic heterocycles. The van der Waals surface area contributed by atoms with E-state index in [2.05, 4.69) is 18.2 Å². The van der Waals surface area contributed by atoms with Gasteiger partial charge in [0.2, 0.25) is 5.91 Å². The fraction of sp³-hybridized carbons (Fsp3) is 0.227. The number of carbonyl (C=O) groups is 1. The van der Waals surface area contributed by atoms with Crippen LogP contribution in [0, 0.1) is 0 Å². The van der Waals surface area contributed by atoms with Crippen molar-refractivity contribution < 1.29 is 9.53 Å². The minimum atomic E-state index is 0.0530. The molecule has 0 unspecified atom stereocenters. The molecule has 1 heterocycles. The molecule has 3 heteroatoms. The average Bonchev–Trinajstić information content (AvgIpc) is 2.68. The predicted octanol–water partition coefficient (Wildman–Crippen LogP) is 4.41. The van der Waals surface area contributed by atoms with Crippen molar-refractivity contribution >= 4 is 17.6 Å². The van der Waals surface area contributed by atoms with Gasteiger partial charge in [0, 0.05) is 19.2 Å². The van der Waals surface area contributed by atoms with Gasteiger partial charge in [-0.05, 0) is 48.3 Å². The third-order valence-electron chi connectivity index (χ3n) is 4.27. The molecule has 0 aliphatic carbocycles. The SMILES string of the molecule is CCOc1ccc(C=CC(=O)N2CC=C(c3ccccc3)CC2)cc1. The fourth-order valence-electron chi connectivity index (χ4n) is 2.90. The molecule has 0 atom stereocenters. The molecule has 1 aliphatic rings. The van der Waals surface area contributed by atoms with Crippen molar-refractivity contribution in [3.05, 3.63) is 77.9 Å². The van der Waals surface area contributed by atoms with E-state index >= 15 is 0 Å².